The molecule has 0 saturated heterocycles. The van der Waals surface area contributed by atoms with Crippen LogP contribution in [0.3, 0.4) is 0 Å². The summed E-state index contributed by atoms with van der Waals surface area (Å²) in [5.41, 5.74) is 0.313. The fraction of sp³-hybridized carbons (Fsp3) is 0.632. The van der Waals surface area contributed by atoms with Gasteiger partial charge in [-0.3, -0.25) is 10.00 Å². The smallest absolute Gasteiger partial charge is 0.413 e. The Balaban J connectivity index is 2.23. The molecule has 1 aliphatic rings. The lowest BCUT2D eigenvalue weighted by Gasteiger charge is -2.26. The molecule has 1 N–H and O–H groups in total. The number of nitrogens with one attached hydrogen (secondary N) is 1. The van der Waals surface area contributed by atoms with Crippen molar-refractivity contribution < 1.29 is 19.1 Å². The monoisotopic (exact) mass is 378 g/mol. The summed E-state index contributed by atoms with van der Waals surface area (Å²) in [5, 5.41) is 7.15. The van der Waals surface area contributed by atoms with E-state index in [1.165, 1.54) is 0 Å². The Kier molecular flexibility index (Phi) is 5.87. The zero-order chi connectivity index (χ0) is 20.4. The molecule has 0 saturated carbocycles. The van der Waals surface area contributed by atoms with Crippen LogP contribution in [0.5, 0.6) is 0 Å². The number of rotatable bonds is 2. The van der Waals surface area contributed by atoms with Crippen molar-refractivity contribution in [1.29, 1.82) is 0 Å². The van der Waals surface area contributed by atoms with Gasteiger partial charge in [-0.05, 0) is 48.0 Å². The first-order valence-electron chi connectivity index (χ1n) is 9.09. The lowest BCUT2D eigenvalue weighted by Crippen LogP contribution is -2.36. The van der Waals surface area contributed by atoms with Crippen LogP contribution in [0.2, 0.25) is 0 Å². The lowest BCUT2D eigenvalue weighted by atomic mass is 10.2. The van der Waals surface area contributed by atoms with E-state index in [1.54, 1.807) is 36.4 Å². The Morgan fingerprint density at radius 1 is 1.11 bits per heavy atom. The van der Waals surface area contributed by atoms with Crippen molar-refractivity contribution in [3.05, 3.63) is 17.8 Å². The molecule has 27 heavy (non-hydrogen) atoms. The molecule has 0 atom stereocenters. The van der Waals surface area contributed by atoms with Crippen LogP contribution in [0, 0.1) is 0 Å². The van der Waals surface area contributed by atoms with Gasteiger partial charge in [0, 0.05) is 18.7 Å². The second-order valence-corrected chi connectivity index (χ2v) is 8.52. The molecule has 2 amide bonds. The molecule has 0 bridgehead atoms. The van der Waals surface area contributed by atoms with Gasteiger partial charge in [-0.2, -0.15) is 5.10 Å². The van der Waals surface area contributed by atoms with Crippen LogP contribution >= 0.6 is 0 Å². The molecule has 1 aliphatic heterocycles. The molecular weight excluding hydrogens is 348 g/mol. The highest BCUT2D eigenvalue weighted by atomic mass is 16.6. The minimum atomic E-state index is -0.608. The number of carbonyl (C=O) groups excluding carboxylic acids is 2. The van der Waals surface area contributed by atoms with Crippen LogP contribution in [0.15, 0.2) is 6.58 Å². The molecule has 0 radical (unpaired) electrons. The second kappa shape index (κ2) is 7.62. The standard InChI is InChI=1S/C19H30N4O4/c1-8-13-14-12-22(17(25)27-19(5,6)7)10-9-11-23(14)21-15(13)20-16(24)26-18(2,3)4/h8H,1,9-12H2,2-7H3,(H,20,21,24). The second-order valence-electron chi connectivity index (χ2n) is 8.52. The summed E-state index contributed by atoms with van der Waals surface area (Å²) in [4.78, 5) is 26.2. The normalized spacial score (nSPS) is 14.8. The third kappa shape index (κ3) is 5.74. The van der Waals surface area contributed by atoms with Crippen molar-refractivity contribution in [2.75, 3.05) is 11.9 Å². The minimum Gasteiger partial charge on any atom is -0.444 e. The molecule has 0 spiro atoms. The average Bonchev–Trinajstić information content (AvgIpc) is 2.65. The van der Waals surface area contributed by atoms with Crippen LogP contribution in [-0.4, -0.2) is 44.6 Å². The van der Waals surface area contributed by atoms with Crippen molar-refractivity contribution >= 4 is 24.1 Å². The molecule has 8 nitrogen and oxygen atoms in total. The number of nitrogens with zero attached hydrogens (tertiary/aromatic N) is 3. The van der Waals surface area contributed by atoms with E-state index >= 15 is 0 Å². The Morgan fingerprint density at radius 2 is 1.74 bits per heavy atom. The van der Waals surface area contributed by atoms with Gasteiger partial charge in [0.25, 0.3) is 0 Å². The maximum absolute atomic E-state index is 12.5. The SMILES string of the molecule is C=Cc1c(NC(=O)OC(C)(C)C)nn2c1CN(C(=O)OC(C)(C)C)CCC2. The summed E-state index contributed by atoms with van der Waals surface area (Å²) < 4.78 is 12.6. The quantitative estimate of drug-likeness (QED) is 0.840. The van der Waals surface area contributed by atoms with E-state index < -0.39 is 17.3 Å². The molecule has 0 aliphatic carbocycles. The van der Waals surface area contributed by atoms with E-state index in [2.05, 4.69) is 17.0 Å². The Morgan fingerprint density at radius 3 is 2.30 bits per heavy atom. The number of ether oxygens (including phenoxy) is 2. The molecule has 2 heterocycles. The molecule has 150 valence electrons. The zero-order valence-corrected chi connectivity index (χ0v) is 17.1. The van der Waals surface area contributed by atoms with Gasteiger partial charge in [-0.25, -0.2) is 9.59 Å². The van der Waals surface area contributed by atoms with Crippen LogP contribution < -0.4 is 5.32 Å². The average molecular weight is 378 g/mol. The number of anilines is 1. The van der Waals surface area contributed by atoms with Crippen LogP contribution in [-0.2, 0) is 22.6 Å². The molecule has 0 fully saturated rings. The van der Waals surface area contributed by atoms with E-state index in [0.29, 0.717) is 31.0 Å². The number of aryl methyl sites for hydroxylation is 1. The fourth-order valence-corrected chi connectivity index (χ4v) is 2.72. The van der Waals surface area contributed by atoms with Crippen LogP contribution in [0.1, 0.15) is 59.2 Å². The first kappa shape index (κ1) is 20.8. The number of fused-ring (bicyclic) bond motifs is 1. The summed E-state index contributed by atoms with van der Waals surface area (Å²) in [5.74, 6) is 0.375. The molecule has 1 aromatic heterocycles. The summed E-state index contributed by atoms with van der Waals surface area (Å²) >= 11 is 0. The van der Waals surface area contributed by atoms with Crippen LogP contribution in [0.25, 0.3) is 6.08 Å². The largest absolute Gasteiger partial charge is 0.444 e. The number of carbonyl (C=O) groups is 2. The van der Waals surface area contributed by atoms with Crippen molar-refractivity contribution in [3.8, 4) is 0 Å². The first-order chi connectivity index (χ1) is 12.4. The molecular formula is C19H30N4O4. The van der Waals surface area contributed by atoms with E-state index in [-0.39, 0.29) is 6.09 Å². The Labute approximate surface area is 160 Å². The molecule has 0 aromatic carbocycles. The van der Waals surface area contributed by atoms with Gasteiger partial charge in [-0.1, -0.05) is 12.7 Å². The highest BCUT2D eigenvalue weighted by Gasteiger charge is 2.28. The zero-order valence-electron chi connectivity index (χ0n) is 17.1. The third-order valence-electron chi connectivity index (χ3n) is 3.71. The van der Waals surface area contributed by atoms with E-state index in [4.69, 9.17) is 9.47 Å². The molecule has 0 unspecified atom stereocenters. The number of hydrogen-bond acceptors (Lipinski definition) is 5. The highest BCUT2D eigenvalue weighted by Crippen LogP contribution is 2.26. The predicted molar refractivity (Wildman–Crippen MR) is 103 cm³/mol. The van der Waals surface area contributed by atoms with Gasteiger partial charge in [0.1, 0.15) is 11.2 Å². The molecule has 1 aromatic rings. The van der Waals surface area contributed by atoms with Gasteiger partial charge in [0.05, 0.1) is 12.2 Å². The summed E-state index contributed by atoms with van der Waals surface area (Å²) in [6, 6.07) is 0. The van der Waals surface area contributed by atoms with Gasteiger partial charge in [0.2, 0.25) is 0 Å². The van der Waals surface area contributed by atoms with E-state index in [0.717, 1.165) is 12.1 Å². The maximum atomic E-state index is 12.5. The topological polar surface area (TPSA) is 85.7 Å². The van der Waals surface area contributed by atoms with Crippen molar-refractivity contribution in [2.45, 2.75) is 72.3 Å². The summed E-state index contributed by atoms with van der Waals surface area (Å²) in [7, 11) is 0. The van der Waals surface area contributed by atoms with E-state index in [9.17, 15) is 9.59 Å². The number of aromatic nitrogens is 2. The summed E-state index contributed by atoms with van der Waals surface area (Å²) in [6.45, 7) is 16.3. The number of hydrogen-bond donors (Lipinski definition) is 1. The molecule has 8 heteroatoms. The highest BCUT2D eigenvalue weighted by molar-refractivity contribution is 5.87. The number of amides is 2. The van der Waals surface area contributed by atoms with Crippen LogP contribution in [0.4, 0.5) is 15.4 Å². The maximum Gasteiger partial charge on any atom is 0.413 e. The van der Waals surface area contributed by atoms with Crippen molar-refractivity contribution in [2.24, 2.45) is 0 Å². The third-order valence-corrected chi connectivity index (χ3v) is 3.71. The van der Waals surface area contributed by atoms with Gasteiger partial charge < -0.3 is 14.4 Å². The minimum absolute atomic E-state index is 0.333. The van der Waals surface area contributed by atoms with E-state index in [1.807, 2.05) is 20.8 Å². The summed E-state index contributed by atoms with van der Waals surface area (Å²) in [6.07, 6.45) is 1.41. The predicted octanol–water partition coefficient (Wildman–Crippen LogP) is 4.01. The van der Waals surface area contributed by atoms with Gasteiger partial charge in [-0.15, -0.1) is 0 Å². The Hall–Kier alpha value is -2.51. The van der Waals surface area contributed by atoms with Crippen molar-refractivity contribution in [3.63, 3.8) is 0 Å². The van der Waals surface area contributed by atoms with Gasteiger partial charge in [0.15, 0.2) is 5.82 Å². The fourth-order valence-electron chi connectivity index (χ4n) is 2.72. The first-order valence-corrected chi connectivity index (χ1v) is 9.09. The molecule has 2 rings (SSSR count). The van der Waals surface area contributed by atoms with Crippen molar-refractivity contribution in [1.82, 2.24) is 14.7 Å². The lowest BCUT2D eigenvalue weighted by molar-refractivity contribution is 0.0236. The van der Waals surface area contributed by atoms with Gasteiger partial charge >= 0.3 is 12.2 Å². The Bertz CT molecular complexity index is 725.